The van der Waals surface area contributed by atoms with Gasteiger partial charge < -0.3 is 15.3 Å². The third-order valence-corrected chi connectivity index (χ3v) is 5.28. The van der Waals surface area contributed by atoms with E-state index in [-0.39, 0.29) is 23.9 Å². The first-order chi connectivity index (χ1) is 12.6. The van der Waals surface area contributed by atoms with E-state index in [1.54, 1.807) is 36.2 Å². The molecular formula is C15H18N4O6S2. The van der Waals surface area contributed by atoms with Crippen LogP contribution in [0.5, 0.6) is 0 Å². The summed E-state index contributed by atoms with van der Waals surface area (Å²) in [5.41, 5.74) is 1.49. The quantitative estimate of drug-likeness (QED) is 0.314. The number of carboxylic acid groups (broad SMARTS) is 1. The summed E-state index contributed by atoms with van der Waals surface area (Å²) in [6.07, 6.45) is 1.18. The Balaban J connectivity index is 1.92. The maximum absolute atomic E-state index is 11.6. The summed E-state index contributed by atoms with van der Waals surface area (Å²) in [4.78, 5) is 23.9. The van der Waals surface area contributed by atoms with Crippen molar-refractivity contribution in [1.82, 2.24) is 5.32 Å². The number of nitrogens with one attached hydrogen (secondary N) is 1. The van der Waals surface area contributed by atoms with Gasteiger partial charge in [0, 0.05) is 19.3 Å². The van der Waals surface area contributed by atoms with Gasteiger partial charge in [0.05, 0.1) is 18.4 Å². The highest BCUT2D eigenvalue weighted by Gasteiger charge is 2.32. The highest BCUT2D eigenvalue weighted by atomic mass is 32.2. The van der Waals surface area contributed by atoms with Gasteiger partial charge in [0.25, 0.3) is 10.1 Å². The van der Waals surface area contributed by atoms with Gasteiger partial charge in [0.1, 0.15) is 5.25 Å². The summed E-state index contributed by atoms with van der Waals surface area (Å²) in [6, 6.07) is 7.01. The van der Waals surface area contributed by atoms with Gasteiger partial charge in [-0.3, -0.25) is 14.1 Å². The molecule has 12 heteroatoms. The number of carbonyl (C=O) groups excluding carboxylic acids is 1. The Morgan fingerprint density at radius 3 is 2.63 bits per heavy atom. The molecule has 1 unspecified atom stereocenters. The molecule has 1 aliphatic rings. The summed E-state index contributed by atoms with van der Waals surface area (Å²) in [5.74, 6) is -1.83. The number of benzene rings is 1. The van der Waals surface area contributed by atoms with Crippen LogP contribution in [0.15, 0.2) is 34.5 Å². The fourth-order valence-electron chi connectivity index (χ4n) is 2.09. The van der Waals surface area contributed by atoms with Crippen LogP contribution < -0.4 is 10.2 Å². The van der Waals surface area contributed by atoms with Gasteiger partial charge >= 0.3 is 5.97 Å². The van der Waals surface area contributed by atoms with Crippen LogP contribution in [0.2, 0.25) is 0 Å². The minimum absolute atomic E-state index is 0.147. The summed E-state index contributed by atoms with van der Waals surface area (Å²) in [6.45, 7) is 0.147. The summed E-state index contributed by atoms with van der Waals surface area (Å²) < 4.78 is 30.3. The van der Waals surface area contributed by atoms with Crippen LogP contribution >= 0.6 is 11.8 Å². The Morgan fingerprint density at radius 1 is 1.37 bits per heavy atom. The third-order valence-electron chi connectivity index (χ3n) is 3.51. The topological polar surface area (TPSA) is 149 Å². The SMILES string of the molecule is CN(CCS(=O)(=O)O)c1ccc(C=NN=C2NC(=O)C(CC(=O)O)S2)cc1. The monoisotopic (exact) mass is 414 g/mol. The summed E-state index contributed by atoms with van der Waals surface area (Å²) in [5, 5.41) is 18.5. The lowest BCUT2D eigenvalue weighted by Crippen LogP contribution is -2.26. The molecule has 0 aromatic heterocycles. The van der Waals surface area contributed by atoms with Crippen molar-refractivity contribution in [2.24, 2.45) is 10.2 Å². The number of hydrogen-bond donors (Lipinski definition) is 3. The van der Waals surface area contributed by atoms with Gasteiger partial charge in [-0.1, -0.05) is 23.9 Å². The number of aliphatic carboxylic acids is 1. The molecule has 1 saturated heterocycles. The lowest BCUT2D eigenvalue weighted by molar-refractivity contribution is -0.138. The first kappa shape index (κ1) is 20.9. The zero-order valence-corrected chi connectivity index (χ0v) is 15.9. The largest absolute Gasteiger partial charge is 0.481 e. The Hall–Kier alpha value is -2.44. The molecule has 1 amide bonds. The summed E-state index contributed by atoms with van der Waals surface area (Å²) >= 11 is 1.01. The standard InChI is InChI=1S/C15H18N4O6S2/c1-19(6-7-27(23,24)25)11-4-2-10(3-5-11)9-16-18-15-17-14(22)12(26-15)8-13(20)21/h2-5,9,12H,6-8H2,1H3,(H,20,21)(H,17,18,22)(H,23,24,25). The number of rotatable bonds is 8. The molecule has 2 rings (SSSR count). The van der Waals surface area contributed by atoms with Gasteiger partial charge in [-0.25, -0.2) is 0 Å². The van der Waals surface area contributed by atoms with E-state index in [1.165, 1.54) is 6.21 Å². The molecule has 1 aromatic rings. The van der Waals surface area contributed by atoms with Crippen molar-refractivity contribution < 1.29 is 27.7 Å². The number of amidine groups is 1. The zero-order valence-electron chi connectivity index (χ0n) is 14.3. The van der Waals surface area contributed by atoms with E-state index < -0.39 is 27.2 Å². The second-order valence-corrected chi connectivity index (χ2v) is 8.41. The molecule has 10 nitrogen and oxygen atoms in total. The maximum Gasteiger partial charge on any atom is 0.305 e. The van der Waals surface area contributed by atoms with Crippen molar-refractivity contribution >= 4 is 50.8 Å². The maximum atomic E-state index is 11.6. The first-order valence-corrected chi connectivity index (χ1v) is 10.2. The Morgan fingerprint density at radius 2 is 2.04 bits per heavy atom. The number of hydrogen-bond acceptors (Lipinski definition) is 8. The van der Waals surface area contributed by atoms with E-state index in [0.29, 0.717) is 0 Å². The van der Waals surface area contributed by atoms with E-state index in [9.17, 15) is 18.0 Å². The van der Waals surface area contributed by atoms with Crippen molar-refractivity contribution in [3.05, 3.63) is 29.8 Å². The minimum atomic E-state index is -4.01. The van der Waals surface area contributed by atoms with Crippen molar-refractivity contribution in [2.45, 2.75) is 11.7 Å². The molecular weight excluding hydrogens is 396 g/mol. The fourth-order valence-corrected chi connectivity index (χ4v) is 3.51. The summed E-state index contributed by atoms with van der Waals surface area (Å²) in [7, 11) is -2.31. The van der Waals surface area contributed by atoms with Crippen molar-refractivity contribution in [1.29, 1.82) is 0 Å². The Kier molecular flexibility index (Phi) is 6.93. The van der Waals surface area contributed by atoms with Gasteiger partial charge in [-0.05, 0) is 17.7 Å². The van der Waals surface area contributed by atoms with Crippen LogP contribution in [0, 0.1) is 0 Å². The van der Waals surface area contributed by atoms with Gasteiger partial charge in [0.15, 0.2) is 5.17 Å². The van der Waals surface area contributed by atoms with Crippen LogP contribution in [0.25, 0.3) is 0 Å². The highest BCUT2D eigenvalue weighted by molar-refractivity contribution is 8.15. The molecule has 1 atom stereocenters. The van der Waals surface area contributed by atoms with Crippen LogP contribution in [0.4, 0.5) is 5.69 Å². The van der Waals surface area contributed by atoms with E-state index in [0.717, 1.165) is 23.0 Å². The Bertz CT molecular complexity index is 867. The van der Waals surface area contributed by atoms with Crippen molar-refractivity contribution in [3.63, 3.8) is 0 Å². The molecule has 1 aliphatic heterocycles. The molecule has 0 aliphatic carbocycles. The van der Waals surface area contributed by atoms with Crippen LogP contribution in [-0.4, -0.2) is 65.9 Å². The molecule has 1 heterocycles. The van der Waals surface area contributed by atoms with Crippen LogP contribution in [0.1, 0.15) is 12.0 Å². The van der Waals surface area contributed by atoms with Gasteiger partial charge in [0.2, 0.25) is 5.91 Å². The van der Waals surface area contributed by atoms with E-state index in [4.69, 9.17) is 9.66 Å². The molecule has 1 aromatic carbocycles. The second-order valence-electron chi connectivity index (χ2n) is 5.64. The Labute approximate surface area is 160 Å². The number of anilines is 1. The van der Waals surface area contributed by atoms with E-state index in [2.05, 4.69) is 15.5 Å². The van der Waals surface area contributed by atoms with Gasteiger partial charge in [-0.15, -0.1) is 5.10 Å². The van der Waals surface area contributed by atoms with E-state index >= 15 is 0 Å². The lowest BCUT2D eigenvalue weighted by atomic mass is 10.2. The smallest absolute Gasteiger partial charge is 0.305 e. The molecule has 0 saturated carbocycles. The molecule has 3 N–H and O–H groups in total. The number of thioether (sulfide) groups is 1. The fraction of sp³-hybridized carbons (Fsp3) is 0.333. The third kappa shape index (κ3) is 7.00. The second kappa shape index (κ2) is 8.97. The number of nitrogens with zero attached hydrogens (tertiary/aromatic N) is 3. The average molecular weight is 414 g/mol. The zero-order chi connectivity index (χ0) is 20.0. The molecule has 0 bridgehead atoms. The molecule has 1 fully saturated rings. The first-order valence-electron chi connectivity index (χ1n) is 7.71. The van der Waals surface area contributed by atoms with E-state index in [1.807, 2.05) is 0 Å². The predicted octanol–water partition coefficient (Wildman–Crippen LogP) is 0.407. The van der Waals surface area contributed by atoms with Crippen LogP contribution in [-0.2, 0) is 19.7 Å². The molecule has 146 valence electrons. The average Bonchev–Trinajstić information content (AvgIpc) is 2.91. The van der Waals surface area contributed by atoms with Gasteiger partial charge in [-0.2, -0.15) is 13.5 Å². The predicted molar refractivity (Wildman–Crippen MR) is 103 cm³/mol. The number of carbonyl (C=O) groups is 2. The molecule has 0 radical (unpaired) electrons. The minimum Gasteiger partial charge on any atom is -0.481 e. The molecule has 27 heavy (non-hydrogen) atoms. The number of amides is 1. The lowest BCUT2D eigenvalue weighted by Gasteiger charge is -2.18. The van der Waals surface area contributed by atoms with Crippen LogP contribution in [0.3, 0.4) is 0 Å². The number of carboxylic acids is 1. The van der Waals surface area contributed by atoms with Crippen molar-refractivity contribution in [2.75, 3.05) is 24.2 Å². The van der Waals surface area contributed by atoms with Crippen molar-refractivity contribution in [3.8, 4) is 0 Å². The highest BCUT2D eigenvalue weighted by Crippen LogP contribution is 2.22. The normalized spacial score (nSPS) is 18.8. The molecule has 0 spiro atoms.